The van der Waals surface area contributed by atoms with Gasteiger partial charge in [-0.2, -0.15) is 0 Å². The van der Waals surface area contributed by atoms with Gasteiger partial charge in [-0.15, -0.1) is 0 Å². The van der Waals surface area contributed by atoms with Gasteiger partial charge in [-0.1, -0.05) is 38.1 Å². The zero-order valence-corrected chi connectivity index (χ0v) is 13.5. The standard InChI is InChI=1S/C19H26N2/c1-5-19(6-2,15-7-11-17(20-3)12-8-15)16-9-13-18(21-4)14-10-16/h7-14,20-21H,5-6H2,1-4H3. The van der Waals surface area contributed by atoms with Gasteiger partial charge in [0.25, 0.3) is 0 Å². The summed E-state index contributed by atoms with van der Waals surface area (Å²) in [6.45, 7) is 4.56. The average molecular weight is 282 g/mol. The summed E-state index contributed by atoms with van der Waals surface area (Å²) in [7, 11) is 3.91. The Kier molecular flexibility index (Phi) is 4.89. The van der Waals surface area contributed by atoms with Crippen LogP contribution in [0.3, 0.4) is 0 Å². The molecule has 0 spiro atoms. The minimum absolute atomic E-state index is 0.0958. The maximum absolute atomic E-state index is 3.19. The second-order valence-corrected chi connectivity index (χ2v) is 5.44. The van der Waals surface area contributed by atoms with Crippen molar-refractivity contribution in [3.05, 3.63) is 59.7 Å². The molecule has 0 aliphatic rings. The van der Waals surface area contributed by atoms with Crippen molar-refractivity contribution in [1.82, 2.24) is 0 Å². The number of nitrogens with one attached hydrogen (secondary N) is 2. The first-order chi connectivity index (χ1) is 10.2. The summed E-state index contributed by atoms with van der Waals surface area (Å²) in [6, 6.07) is 17.7. The van der Waals surface area contributed by atoms with E-state index < -0.39 is 0 Å². The van der Waals surface area contributed by atoms with Crippen LogP contribution in [-0.4, -0.2) is 14.1 Å². The van der Waals surface area contributed by atoms with Crippen LogP contribution in [0.5, 0.6) is 0 Å². The van der Waals surface area contributed by atoms with Crippen LogP contribution in [0.2, 0.25) is 0 Å². The zero-order valence-electron chi connectivity index (χ0n) is 13.5. The molecule has 2 nitrogen and oxygen atoms in total. The Morgan fingerprint density at radius 1 is 0.667 bits per heavy atom. The third-order valence-corrected chi connectivity index (χ3v) is 4.66. The summed E-state index contributed by atoms with van der Waals surface area (Å²) in [5, 5.41) is 6.38. The van der Waals surface area contributed by atoms with Crippen LogP contribution in [0.15, 0.2) is 48.5 Å². The molecule has 21 heavy (non-hydrogen) atoms. The molecule has 2 N–H and O–H groups in total. The maximum Gasteiger partial charge on any atom is 0.0337 e. The minimum Gasteiger partial charge on any atom is -0.388 e. The first kappa shape index (κ1) is 15.4. The van der Waals surface area contributed by atoms with Gasteiger partial charge in [-0.25, -0.2) is 0 Å². The third-order valence-electron chi connectivity index (χ3n) is 4.66. The van der Waals surface area contributed by atoms with Crippen LogP contribution in [0, 0.1) is 0 Å². The monoisotopic (exact) mass is 282 g/mol. The molecule has 0 amide bonds. The highest BCUT2D eigenvalue weighted by Crippen LogP contribution is 2.39. The Labute approximate surface area is 128 Å². The molecule has 2 heteroatoms. The van der Waals surface area contributed by atoms with Crippen LogP contribution >= 0.6 is 0 Å². The number of hydrogen-bond donors (Lipinski definition) is 2. The van der Waals surface area contributed by atoms with E-state index in [4.69, 9.17) is 0 Å². The lowest BCUT2D eigenvalue weighted by Crippen LogP contribution is -2.26. The lowest BCUT2D eigenvalue weighted by atomic mass is 9.70. The van der Waals surface area contributed by atoms with E-state index in [-0.39, 0.29) is 5.41 Å². The van der Waals surface area contributed by atoms with Crippen LogP contribution < -0.4 is 10.6 Å². The average Bonchev–Trinajstić information content (AvgIpc) is 2.57. The Morgan fingerprint density at radius 3 is 1.24 bits per heavy atom. The van der Waals surface area contributed by atoms with Crippen LogP contribution in [-0.2, 0) is 5.41 Å². The largest absolute Gasteiger partial charge is 0.388 e. The predicted octanol–water partition coefficient (Wildman–Crippen LogP) is 4.88. The molecule has 0 aliphatic heterocycles. The van der Waals surface area contributed by atoms with Crippen molar-refractivity contribution in [1.29, 1.82) is 0 Å². The van der Waals surface area contributed by atoms with Crippen LogP contribution in [0.25, 0.3) is 0 Å². The van der Waals surface area contributed by atoms with E-state index in [1.807, 2.05) is 14.1 Å². The van der Waals surface area contributed by atoms with Crippen molar-refractivity contribution in [2.45, 2.75) is 32.1 Å². The third kappa shape index (κ3) is 2.90. The molecule has 0 unspecified atom stereocenters. The van der Waals surface area contributed by atoms with Crippen molar-refractivity contribution < 1.29 is 0 Å². The first-order valence-electron chi connectivity index (χ1n) is 7.76. The predicted molar refractivity (Wildman–Crippen MR) is 93.3 cm³/mol. The molecule has 0 heterocycles. The molecule has 2 aromatic carbocycles. The van der Waals surface area contributed by atoms with Gasteiger partial charge in [0.2, 0.25) is 0 Å². The quantitative estimate of drug-likeness (QED) is 0.789. The smallest absolute Gasteiger partial charge is 0.0337 e. The molecule has 0 bridgehead atoms. The second-order valence-electron chi connectivity index (χ2n) is 5.44. The fourth-order valence-corrected chi connectivity index (χ4v) is 3.15. The summed E-state index contributed by atoms with van der Waals surface area (Å²) in [5.74, 6) is 0. The van der Waals surface area contributed by atoms with E-state index in [1.54, 1.807) is 0 Å². The SMILES string of the molecule is CCC(CC)(c1ccc(NC)cc1)c1ccc(NC)cc1. The van der Waals surface area contributed by atoms with Crippen molar-refractivity contribution >= 4 is 11.4 Å². The summed E-state index contributed by atoms with van der Waals surface area (Å²) in [6.07, 6.45) is 2.20. The van der Waals surface area contributed by atoms with Gasteiger partial charge < -0.3 is 10.6 Å². The van der Waals surface area contributed by atoms with E-state index in [2.05, 4.69) is 73.0 Å². The van der Waals surface area contributed by atoms with Crippen LogP contribution in [0.4, 0.5) is 11.4 Å². The van der Waals surface area contributed by atoms with Gasteiger partial charge in [0.15, 0.2) is 0 Å². The number of rotatable bonds is 6. The Hall–Kier alpha value is -1.96. The zero-order chi connectivity index (χ0) is 15.3. The second kappa shape index (κ2) is 6.66. The molecule has 2 rings (SSSR count). The number of anilines is 2. The van der Waals surface area contributed by atoms with Crippen molar-refractivity contribution in [3.63, 3.8) is 0 Å². The highest BCUT2D eigenvalue weighted by Gasteiger charge is 2.30. The van der Waals surface area contributed by atoms with Crippen molar-refractivity contribution in [2.75, 3.05) is 24.7 Å². The Balaban J connectivity index is 2.46. The van der Waals surface area contributed by atoms with Crippen molar-refractivity contribution in [2.24, 2.45) is 0 Å². The lowest BCUT2D eigenvalue weighted by molar-refractivity contribution is 0.478. The molecule has 0 atom stereocenters. The summed E-state index contributed by atoms with van der Waals surface area (Å²) >= 11 is 0. The fourth-order valence-electron chi connectivity index (χ4n) is 3.15. The van der Waals surface area contributed by atoms with E-state index in [0.717, 1.165) is 24.2 Å². The molecule has 112 valence electrons. The maximum atomic E-state index is 3.19. The molecular weight excluding hydrogens is 256 g/mol. The van der Waals surface area contributed by atoms with Gasteiger partial charge in [0, 0.05) is 30.9 Å². The minimum atomic E-state index is 0.0958. The molecule has 0 aromatic heterocycles. The van der Waals surface area contributed by atoms with E-state index in [1.165, 1.54) is 11.1 Å². The molecule has 0 saturated carbocycles. The van der Waals surface area contributed by atoms with Crippen molar-refractivity contribution in [3.8, 4) is 0 Å². The highest BCUT2D eigenvalue weighted by atomic mass is 14.8. The fraction of sp³-hybridized carbons (Fsp3) is 0.368. The molecule has 0 fully saturated rings. The summed E-state index contributed by atoms with van der Waals surface area (Å²) in [4.78, 5) is 0. The van der Waals surface area contributed by atoms with E-state index >= 15 is 0 Å². The van der Waals surface area contributed by atoms with Gasteiger partial charge in [-0.05, 0) is 48.2 Å². The molecular formula is C19H26N2. The highest BCUT2D eigenvalue weighted by molar-refractivity contribution is 5.51. The van der Waals surface area contributed by atoms with E-state index in [0.29, 0.717) is 0 Å². The summed E-state index contributed by atoms with van der Waals surface area (Å²) in [5.41, 5.74) is 5.20. The summed E-state index contributed by atoms with van der Waals surface area (Å²) < 4.78 is 0. The molecule has 0 saturated heterocycles. The van der Waals surface area contributed by atoms with Gasteiger partial charge in [0.1, 0.15) is 0 Å². The number of benzene rings is 2. The topological polar surface area (TPSA) is 24.1 Å². The number of hydrogen-bond acceptors (Lipinski definition) is 2. The molecule has 0 radical (unpaired) electrons. The Bertz CT molecular complexity index is 502. The molecule has 2 aromatic rings. The lowest BCUT2D eigenvalue weighted by Gasteiger charge is -2.33. The first-order valence-corrected chi connectivity index (χ1v) is 7.76. The van der Waals surface area contributed by atoms with Gasteiger partial charge in [0.05, 0.1) is 0 Å². The van der Waals surface area contributed by atoms with Gasteiger partial charge in [-0.3, -0.25) is 0 Å². The Morgan fingerprint density at radius 2 is 1.00 bits per heavy atom. The van der Waals surface area contributed by atoms with Crippen LogP contribution in [0.1, 0.15) is 37.8 Å². The van der Waals surface area contributed by atoms with Gasteiger partial charge >= 0.3 is 0 Å². The van der Waals surface area contributed by atoms with E-state index in [9.17, 15) is 0 Å². The molecule has 0 aliphatic carbocycles. The normalized spacial score (nSPS) is 11.2.